The molecule has 6 atom stereocenters. The summed E-state index contributed by atoms with van der Waals surface area (Å²) in [5.41, 5.74) is -4.72. The van der Waals surface area contributed by atoms with E-state index in [-0.39, 0.29) is 50.4 Å². The fourth-order valence-corrected chi connectivity index (χ4v) is 14.1. The Morgan fingerprint density at radius 2 is 1.13 bits per heavy atom. The molecule has 6 unspecified atom stereocenters. The number of methoxy groups -OCH3 is 1. The van der Waals surface area contributed by atoms with Gasteiger partial charge in [0.1, 0.15) is 5.54 Å². The number of halogens is 6. The monoisotopic (exact) mass is 1030 g/mol. The van der Waals surface area contributed by atoms with Crippen LogP contribution in [0.5, 0.6) is 0 Å². The third-order valence-corrected chi connectivity index (χ3v) is 19.1. The Labute approximate surface area is 401 Å². The minimum absolute atomic E-state index is 0.142. The Hall–Kier alpha value is -4.72. The van der Waals surface area contributed by atoms with Crippen molar-refractivity contribution in [2.45, 2.75) is 145 Å². The highest BCUT2D eigenvalue weighted by molar-refractivity contribution is 7.92. The molecule has 2 aromatic carbocycles. The van der Waals surface area contributed by atoms with Crippen molar-refractivity contribution in [3.63, 3.8) is 0 Å². The zero-order valence-corrected chi connectivity index (χ0v) is 39.8. The lowest BCUT2D eigenvalue weighted by molar-refractivity contribution is -0.140. The second-order valence-electron chi connectivity index (χ2n) is 19.4. The van der Waals surface area contributed by atoms with Gasteiger partial charge in [-0.2, -0.15) is 31.6 Å². The molecule has 70 heavy (non-hydrogen) atoms. The number of alkyl halides is 6. The van der Waals surface area contributed by atoms with Gasteiger partial charge < -0.3 is 40.1 Å². The Morgan fingerprint density at radius 3 is 1.53 bits per heavy atom. The van der Waals surface area contributed by atoms with Gasteiger partial charge in [0, 0.05) is 44.7 Å². The number of sulfone groups is 2. The van der Waals surface area contributed by atoms with Crippen LogP contribution in [0.2, 0.25) is 0 Å². The second-order valence-corrected chi connectivity index (χ2v) is 23.8. The maximum Gasteiger partial charge on any atom is 0.417 e. The Morgan fingerprint density at radius 1 is 0.714 bits per heavy atom. The lowest BCUT2D eigenvalue weighted by Gasteiger charge is -2.32. The first kappa shape index (κ1) is 51.6. The van der Waals surface area contributed by atoms with Crippen molar-refractivity contribution >= 4 is 42.9 Å². The number of aliphatic hydroxyl groups is 2. The van der Waals surface area contributed by atoms with Crippen LogP contribution in [-0.4, -0.2) is 125 Å². The van der Waals surface area contributed by atoms with E-state index in [4.69, 9.17) is 9.47 Å². The van der Waals surface area contributed by atoms with E-state index in [1.165, 1.54) is 19.2 Å². The molecule has 8 rings (SSSR count). The number of hydrogen-bond donors (Lipinski definition) is 4. The molecule has 2 saturated heterocycles. The zero-order chi connectivity index (χ0) is 50.6. The molecule has 6 aliphatic rings. The third kappa shape index (κ3) is 10.9. The normalized spacial score (nSPS) is 27.0. The number of rotatable bonds is 13. The van der Waals surface area contributed by atoms with E-state index in [1.54, 1.807) is 9.80 Å². The van der Waals surface area contributed by atoms with Gasteiger partial charge in [0.25, 0.3) is 0 Å². The molecule has 382 valence electrons. The van der Waals surface area contributed by atoms with Crippen LogP contribution in [0.1, 0.15) is 88.2 Å². The van der Waals surface area contributed by atoms with Crippen molar-refractivity contribution in [1.82, 2.24) is 10.6 Å². The smallest absolute Gasteiger partial charge is 0.393 e. The van der Waals surface area contributed by atoms with E-state index < -0.39 is 142 Å². The summed E-state index contributed by atoms with van der Waals surface area (Å²) in [6.07, 6.45) is -12.2. The number of amides is 2. The minimum atomic E-state index is -5.07. The van der Waals surface area contributed by atoms with Crippen molar-refractivity contribution < 1.29 is 72.5 Å². The maximum atomic E-state index is 14.6. The first-order valence-corrected chi connectivity index (χ1v) is 26.4. The molecule has 6 fully saturated rings. The van der Waals surface area contributed by atoms with Gasteiger partial charge in [-0.3, -0.25) is 9.59 Å². The molecule has 0 radical (unpaired) electrons. The van der Waals surface area contributed by atoms with Gasteiger partial charge in [0.05, 0.1) is 73.7 Å². The van der Waals surface area contributed by atoms with Crippen molar-refractivity contribution in [2.24, 2.45) is 11.8 Å². The predicted molar refractivity (Wildman–Crippen MR) is 239 cm³/mol. The number of nitrogens with zero attached hydrogens (tertiary/aromatic N) is 4. The Bertz CT molecular complexity index is 2670. The Balaban J connectivity index is 0.945. The number of aliphatic hydroxyl groups excluding tert-OH is 2. The summed E-state index contributed by atoms with van der Waals surface area (Å²) in [4.78, 5) is 33.0. The molecule has 0 aromatic heterocycles. The van der Waals surface area contributed by atoms with Crippen LogP contribution in [-0.2, 0) is 51.1 Å². The molecule has 4 saturated carbocycles. The summed E-state index contributed by atoms with van der Waals surface area (Å²) >= 11 is 0. The molecule has 16 nitrogen and oxygen atoms in total. The van der Waals surface area contributed by atoms with Gasteiger partial charge in [-0.05, 0) is 118 Å². The lowest BCUT2D eigenvalue weighted by Crippen LogP contribution is -2.42. The van der Waals surface area contributed by atoms with Crippen LogP contribution in [0.15, 0.2) is 46.2 Å². The van der Waals surface area contributed by atoms with Crippen molar-refractivity contribution in [2.75, 3.05) is 49.8 Å². The van der Waals surface area contributed by atoms with E-state index in [2.05, 4.69) is 21.5 Å². The fourth-order valence-electron chi connectivity index (χ4n) is 10.1. The summed E-state index contributed by atoms with van der Waals surface area (Å²) in [5.74, 6) is -3.68. The largest absolute Gasteiger partial charge is 0.417 e. The van der Waals surface area contributed by atoms with E-state index >= 15 is 0 Å². The average Bonchev–Trinajstić information content (AvgIpc) is 4.16. The van der Waals surface area contributed by atoms with Gasteiger partial charge in [-0.15, -0.1) is 0 Å². The second kappa shape index (κ2) is 19.4. The van der Waals surface area contributed by atoms with Gasteiger partial charge in [0.2, 0.25) is 11.8 Å². The molecule has 2 aliphatic heterocycles. The van der Waals surface area contributed by atoms with Gasteiger partial charge >= 0.3 is 25.2 Å². The number of carbonyl (C=O) groups is 2. The third-order valence-electron chi connectivity index (χ3n) is 14.7. The van der Waals surface area contributed by atoms with Crippen LogP contribution in [0, 0.1) is 29.2 Å². The number of carbonyl (C=O) groups excluding carboxylic acids is 2. The highest BCUT2D eigenvalue weighted by Crippen LogP contribution is 2.46. The van der Waals surface area contributed by atoms with E-state index in [0.717, 1.165) is 24.3 Å². The number of nitrogens with one attached hydrogen (secondary N) is 2. The summed E-state index contributed by atoms with van der Waals surface area (Å²) in [5, 5.41) is 31.9. The lowest BCUT2D eigenvalue weighted by atomic mass is 10.0. The zero-order valence-electron chi connectivity index (χ0n) is 38.1. The Kier molecular flexibility index (Phi) is 14.3. The summed E-state index contributed by atoms with van der Waals surface area (Å²) in [6.45, 7) is 0.581. The molecule has 0 spiro atoms. The average molecular weight is 1030 g/mol. The highest BCUT2D eigenvalue weighted by Gasteiger charge is 2.55. The van der Waals surface area contributed by atoms with E-state index in [0.29, 0.717) is 51.4 Å². The van der Waals surface area contributed by atoms with E-state index in [1.807, 2.05) is 6.07 Å². The van der Waals surface area contributed by atoms with Crippen LogP contribution in [0.25, 0.3) is 4.85 Å². The number of ether oxygens (including phenoxy) is 2. The highest BCUT2D eigenvalue weighted by atomic mass is 32.2. The van der Waals surface area contributed by atoms with Crippen LogP contribution in [0.4, 0.5) is 37.7 Å². The molecule has 2 amide bonds. The topological polar surface area (TPSA) is 220 Å². The molecule has 4 aliphatic carbocycles. The van der Waals surface area contributed by atoms with E-state index in [9.17, 15) is 68.2 Å². The summed E-state index contributed by atoms with van der Waals surface area (Å²) in [7, 11) is -8.17. The van der Waals surface area contributed by atoms with Crippen molar-refractivity contribution in [1.29, 1.82) is 5.26 Å². The maximum absolute atomic E-state index is 14.6. The molecule has 2 heterocycles. The minimum Gasteiger partial charge on any atom is -0.393 e. The van der Waals surface area contributed by atoms with Crippen LogP contribution in [0.3, 0.4) is 0 Å². The first-order chi connectivity index (χ1) is 32.9. The van der Waals surface area contributed by atoms with Gasteiger partial charge in [0.15, 0.2) is 25.2 Å². The molecule has 24 heteroatoms. The van der Waals surface area contributed by atoms with Crippen molar-refractivity contribution in [3.8, 4) is 12.1 Å². The first-order valence-electron chi connectivity index (χ1n) is 23.3. The molecular weight excluding hydrogens is 975 g/mol. The molecule has 2 aromatic rings. The van der Waals surface area contributed by atoms with Crippen LogP contribution < -0.4 is 20.4 Å². The molecule has 4 N–H and O–H groups in total. The number of benzene rings is 2. The fraction of sp³-hybridized carbons (Fsp3) is 0.652. The SMILES string of the molecule is COC1CC(S(=O)(=O)c2ccc(N3CCC(O)CC3)cc2C(F)(F)F)CC1C(=O)NC1(C#[N+]COC2CC(S(=O)(=O)c3ccc(N4CCC(O)CC4)cc3C(F)(F)F)CC2C(=O)NC2(C#N)CC2)CC1. The number of nitriles is 1. The van der Waals surface area contributed by atoms with Crippen LogP contribution >= 0.6 is 0 Å². The van der Waals surface area contributed by atoms with Gasteiger partial charge in [-0.1, -0.05) is 0 Å². The number of hydrogen-bond acceptors (Lipinski definition) is 13. The quantitative estimate of drug-likeness (QED) is 0.195. The number of anilines is 2. The summed E-state index contributed by atoms with van der Waals surface area (Å²) in [6, 6.07) is 10.8. The molecule has 0 bridgehead atoms. The molecular formula is C46H55F6N6O10S2+. The number of piperidine rings is 2. The van der Waals surface area contributed by atoms with Gasteiger partial charge in [-0.25, -0.2) is 16.8 Å². The predicted octanol–water partition coefficient (Wildman–Crippen LogP) is 4.96. The standard InChI is InChI=1S/C46H54F6N6O10S2/c1-67-37-22-31(69(63,64)39-4-2-27(18-35(39)45(47,48)49)57-14-6-29(59)7-15-57)20-33(37)41(61)56-44(12-13-44)25-54-26-68-38-23-32(21-34(38)42(62)55-43(24-53)10-11-43)70(65,66)40-5-3-28(19-36(40)46(50,51)52)58-16-8-30(60)9-17-58/h2-5,18-19,29-34,37-38,59-60H,6-17,20-23,26H2,1H3,(H-,55,56,61,62)/p+1. The summed E-state index contributed by atoms with van der Waals surface area (Å²) < 4.78 is 155. The van der Waals surface area contributed by atoms with Crippen molar-refractivity contribution in [3.05, 3.63) is 52.4 Å².